The van der Waals surface area contributed by atoms with Crippen LogP contribution in [0.4, 0.5) is 13.2 Å². The van der Waals surface area contributed by atoms with E-state index in [1.54, 1.807) is 0 Å². The molecule has 0 radical (unpaired) electrons. The molecule has 0 aliphatic heterocycles. The van der Waals surface area contributed by atoms with Crippen molar-refractivity contribution in [3.63, 3.8) is 0 Å². The van der Waals surface area contributed by atoms with Gasteiger partial charge in [0.05, 0.1) is 15.7 Å². The van der Waals surface area contributed by atoms with Crippen molar-refractivity contribution in [1.29, 1.82) is 0 Å². The Balaban J connectivity index is 3.13. The van der Waals surface area contributed by atoms with Crippen molar-refractivity contribution in [2.75, 3.05) is 6.54 Å². The van der Waals surface area contributed by atoms with Gasteiger partial charge >= 0.3 is 6.18 Å². The molecule has 84 valence electrons. The highest BCUT2D eigenvalue weighted by atomic mass is 35.5. The highest BCUT2D eigenvalue weighted by Crippen LogP contribution is 2.36. The Morgan fingerprint density at radius 3 is 2.40 bits per heavy atom. The minimum Gasteiger partial charge on any atom is -0.329 e. The number of alkyl halides is 3. The monoisotopic (exact) mass is 258 g/mol. The van der Waals surface area contributed by atoms with E-state index in [2.05, 4.69) is 4.98 Å². The lowest BCUT2D eigenvalue weighted by atomic mass is 10.0. The van der Waals surface area contributed by atoms with Crippen LogP contribution in [0.25, 0.3) is 0 Å². The molecule has 1 aromatic heterocycles. The second-order valence-electron chi connectivity index (χ2n) is 2.85. The summed E-state index contributed by atoms with van der Waals surface area (Å²) >= 11 is 11.1. The highest BCUT2D eigenvalue weighted by Gasteiger charge is 2.41. The summed E-state index contributed by atoms with van der Waals surface area (Å²) in [6.45, 7) is -0.599. The minimum atomic E-state index is -4.46. The normalized spacial score (nSPS) is 14.0. The Morgan fingerprint density at radius 1 is 1.40 bits per heavy atom. The molecule has 15 heavy (non-hydrogen) atoms. The molecule has 2 N–H and O–H groups in total. The van der Waals surface area contributed by atoms with Crippen LogP contribution in [-0.2, 0) is 0 Å². The molecule has 0 amide bonds. The lowest BCUT2D eigenvalue weighted by Crippen LogP contribution is -2.29. The second-order valence-corrected chi connectivity index (χ2v) is 3.69. The van der Waals surface area contributed by atoms with Crippen LogP contribution in [-0.4, -0.2) is 17.7 Å². The molecule has 0 bridgehead atoms. The lowest BCUT2D eigenvalue weighted by molar-refractivity contribution is -0.148. The molecule has 0 saturated heterocycles. The average Bonchev–Trinajstić information content (AvgIpc) is 2.07. The van der Waals surface area contributed by atoms with E-state index in [-0.39, 0.29) is 15.7 Å². The van der Waals surface area contributed by atoms with E-state index in [9.17, 15) is 13.2 Å². The number of pyridine rings is 1. The van der Waals surface area contributed by atoms with Crippen molar-refractivity contribution >= 4 is 23.2 Å². The third kappa shape index (κ3) is 2.96. The molecule has 0 aliphatic carbocycles. The van der Waals surface area contributed by atoms with E-state index in [0.29, 0.717) is 0 Å². The van der Waals surface area contributed by atoms with Crippen molar-refractivity contribution in [2.45, 2.75) is 12.1 Å². The Labute approximate surface area is 94.2 Å². The maximum Gasteiger partial charge on any atom is 0.398 e. The summed E-state index contributed by atoms with van der Waals surface area (Å²) < 4.78 is 37.4. The molecule has 7 heteroatoms. The van der Waals surface area contributed by atoms with Gasteiger partial charge in [-0.2, -0.15) is 13.2 Å². The van der Waals surface area contributed by atoms with E-state index in [1.807, 2.05) is 0 Å². The Morgan fingerprint density at radius 2 is 2.00 bits per heavy atom. The summed E-state index contributed by atoms with van der Waals surface area (Å²) in [6.07, 6.45) is -3.35. The van der Waals surface area contributed by atoms with Gasteiger partial charge in [-0.3, -0.25) is 4.98 Å². The van der Waals surface area contributed by atoms with Crippen LogP contribution in [0.15, 0.2) is 12.3 Å². The number of halogens is 5. The van der Waals surface area contributed by atoms with Gasteiger partial charge in [0.25, 0.3) is 0 Å². The van der Waals surface area contributed by atoms with E-state index in [4.69, 9.17) is 28.9 Å². The quantitative estimate of drug-likeness (QED) is 0.886. The van der Waals surface area contributed by atoms with Crippen LogP contribution in [0.1, 0.15) is 11.6 Å². The third-order valence-corrected chi connectivity index (χ3v) is 2.31. The summed E-state index contributed by atoms with van der Waals surface area (Å²) in [5, 5.41) is 0.0528. The zero-order valence-corrected chi connectivity index (χ0v) is 8.87. The van der Waals surface area contributed by atoms with Crippen LogP contribution in [0.2, 0.25) is 10.0 Å². The van der Waals surface area contributed by atoms with Crippen molar-refractivity contribution in [2.24, 2.45) is 5.73 Å². The Kier molecular flexibility index (Phi) is 3.81. The van der Waals surface area contributed by atoms with Crippen LogP contribution < -0.4 is 5.73 Å². The van der Waals surface area contributed by atoms with Crippen LogP contribution in [0, 0.1) is 0 Å². The topological polar surface area (TPSA) is 38.9 Å². The summed E-state index contributed by atoms with van der Waals surface area (Å²) in [6, 6.07) is 1.21. The molecule has 0 aromatic carbocycles. The lowest BCUT2D eigenvalue weighted by Gasteiger charge is -2.18. The summed E-state index contributed by atoms with van der Waals surface area (Å²) in [4.78, 5) is 3.55. The Hall–Kier alpha value is -0.520. The van der Waals surface area contributed by atoms with E-state index < -0.39 is 18.6 Å². The summed E-state index contributed by atoms with van der Waals surface area (Å²) in [7, 11) is 0. The average molecular weight is 259 g/mol. The first-order valence-electron chi connectivity index (χ1n) is 3.94. The molecule has 1 unspecified atom stereocenters. The largest absolute Gasteiger partial charge is 0.398 e. The van der Waals surface area contributed by atoms with Gasteiger partial charge in [-0.1, -0.05) is 23.2 Å². The SMILES string of the molecule is NCC(c1ncc(Cl)cc1Cl)C(F)(F)F. The zero-order valence-electron chi connectivity index (χ0n) is 7.35. The van der Waals surface area contributed by atoms with Crippen molar-refractivity contribution in [3.05, 3.63) is 28.0 Å². The molecular weight excluding hydrogens is 252 g/mol. The summed E-state index contributed by atoms with van der Waals surface area (Å²) in [5.41, 5.74) is 4.75. The number of hydrogen-bond donors (Lipinski definition) is 1. The van der Waals surface area contributed by atoms with Gasteiger partial charge in [0.2, 0.25) is 0 Å². The predicted octanol–water partition coefficient (Wildman–Crippen LogP) is 2.99. The molecule has 0 saturated carbocycles. The number of aromatic nitrogens is 1. The zero-order chi connectivity index (χ0) is 11.6. The van der Waals surface area contributed by atoms with Gasteiger partial charge in [-0.25, -0.2) is 0 Å². The molecule has 1 aromatic rings. The smallest absolute Gasteiger partial charge is 0.329 e. The molecule has 0 fully saturated rings. The van der Waals surface area contributed by atoms with Crippen molar-refractivity contribution in [1.82, 2.24) is 4.98 Å². The maximum atomic E-state index is 12.5. The van der Waals surface area contributed by atoms with E-state index in [1.165, 1.54) is 6.07 Å². The Bertz CT molecular complexity index is 354. The predicted molar refractivity (Wildman–Crippen MR) is 52.1 cm³/mol. The fourth-order valence-electron chi connectivity index (χ4n) is 1.08. The van der Waals surface area contributed by atoms with Gasteiger partial charge in [0.15, 0.2) is 0 Å². The van der Waals surface area contributed by atoms with Crippen molar-refractivity contribution < 1.29 is 13.2 Å². The van der Waals surface area contributed by atoms with Crippen molar-refractivity contribution in [3.8, 4) is 0 Å². The third-order valence-electron chi connectivity index (χ3n) is 1.80. The number of rotatable bonds is 2. The van der Waals surface area contributed by atoms with E-state index in [0.717, 1.165) is 6.20 Å². The van der Waals surface area contributed by atoms with Gasteiger partial charge in [-0.15, -0.1) is 0 Å². The van der Waals surface area contributed by atoms with Gasteiger partial charge < -0.3 is 5.73 Å². The molecule has 1 heterocycles. The molecule has 0 spiro atoms. The second kappa shape index (κ2) is 4.55. The first-order chi connectivity index (χ1) is 6.86. The maximum absolute atomic E-state index is 12.5. The van der Waals surface area contributed by atoms with Crippen LogP contribution in [0.3, 0.4) is 0 Å². The molecule has 1 rings (SSSR count). The highest BCUT2D eigenvalue weighted by molar-refractivity contribution is 6.34. The first-order valence-corrected chi connectivity index (χ1v) is 4.69. The fraction of sp³-hybridized carbons (Fsp3) is 0.375. The minimum absolute atomic E-state index is 0.129. The van der Waals surface area contributed by atoms with E-state index >= 15 is 0 Å². The number of nitrogens with zero attached hydrogens (tertiary/aromatic N) is 1. The van der Waals surface area contributed by atoms with Crippen LogP contribution >= 0.6 is 23.2 Å². The van der Waals surface area contributed by atoms with Gasteiger partial charge in [0.1, 0.15) is 5.92 Å². The molecular formula is C8H7Cl2F3N2. The molecule has 2 nitrogen and oxygen atoms in total. The van der Waals surface area contributed by atoms with Gasteiger partial charge in [-0.05, 0) is 6.07 Å². The molecule has 0 aliphatic rings. The standard InChI is InChI=1S/C8H7Cl2F3N2/c9-4-1-6(10)7(15-3-4)5(2-14)8(11,12)13/h1,3,5H,2,14H2. The fourth-order valence-corrected chi connectivity index (χ4v) is 1.59. The first kappa shape index (κ1) is 12.5. The van der Waals surface area contributed by atoms with Crippen LogP contribution in [0.5, 0.6) is 0 Å². The van der Waals surface area contributed by atoms with Gasteiger partial charge in [0, 0.05) is 12.7 Å². The number of hydrogen-bond acceptors (Lipinski definition) is 2. The number of nitrogens with two attached hydrogens (primary N) is 1. The molecule has 1 atom stereocenters. The summed E-state index contributed by atoms with van der Waals surface area (Å²) in [5.74, 6) is -1.86.